The van der Waals surface area contributed by atoms with Gasteiger partial charge >= 0.3 is 0 Å². The van der Waals surface area contributed by atoms with Gasteiger partial charge in [-0.1, -0.05) is 6.92 Å². The van der Waals surface area contributed by atoms with Gasteiger partial charge in [0.1, 0.15) is 0 Å². The number of rotatable bonds is 3. The average molecular weight is 258 g/mol. The van der Waals surface area contributed by atoms with Gasteiger partial charge in [-0.3, -0.25) is 0 Å². The topological polar surface area (TPSA) is 76.0 Å². The number of aromatic nitrogens is 2. The Hall–Kier alpha value is -0.920. The molecule has 2 rings (SSSR count). The second-order valence-corrected chi connectivity index (χ2v) is 6.24. The molecular formula is C10H18N4O2S. The third-order valence-electron chi connectivity index (χ3n) is 3.05. The van der Waals surface area contributed by atoms with E-state index in [9.17, 15) is 8.42 Å². The van der Waals surface area contributed by atoms with E-state index in [0.717, 1.165) is 19.5 Å². The molecule has 0 bridgehead atoms. The molecule has 1 aliphatic heterocycles. The van der Waals surface area contributed by atoms with Crippen LogP contribution in [0.4, 0.5) is 0 Å². The molecule has 2 atom stereocenters. The number of hydrogen-bond acceptors (Lipinski definition) is 4. The van der Waals surface area contributed by atoms with Gasteiger partial charge in [0, 0.05) is 19.3 Å². The molecule has 2 unspecified atom stereocenters. The molecule has 1 fully saturated rings. The quantitative estimate of drug-likeness (QED) is 0.780. The third-order valence-corrected chi connectivity index (χ3v) is 4.42. The lowest BCUT2D eigenvalue weighted by Crippen LogP contribution is -2.48. The Balaban J connectivity index is 2.11. The second-order valence-electron chi connectivity index (χ2n) is 4.58. The summed E-state index contributed by atoms with van der Waals surface area (Å²) in [7, 11) is -1.73. The number of nitrogens with zero attached hydrogens (tertiary/aromatic N) is 2. The highest BCUT2D eigenvalue weighted by Gasteiger charge is 2.27. The van der Waals surface area contributed by atoms with Crippen LogP contribution in [0.15, 0.2) is 17.6 Å². The molecule has 2 N–H and O–H groups in total. The van der Waals surface area contributed by atoms with Crippen LogP contribution < -0.4 is 10.0 Å². The Morgan fingerprint density at radius 1 is 1.59 bits per heavy atom. The van der Waals surface area contributed by atoms with Gasteiger partial charge in [-0.05, 0) is 25.4 Å². The third kappa shape index (κ3) is 2.85. The van der Waals surface area contributed by atoms with Crippen molar-refractivity contribution >= 4 is 10.0 Å². The number of piperidine rings is 1. The number of imidazole rings is 1. The minimum Gasteiger partial charge on any atom is -0.339 e. The summed E-state index contributed by atoms with van der Waals surface area (Å²) in [4.78, 5) is 3.87. The monoisotopic (exact) mass is 258 g/mol. The van der Waals surface area contributed by atoms with E-state index in [2.05, 4.69) is 15.0 Å². The predicted molar refractivity (Wildman–Crippen MR) is 64.0 cm³/mol. The summed E-state index contributed by atoms with van der Waals surface area (Å²) < 4.78 is 28.5. The fraction of sp³-hybridized carbons (Fsp3) is 0.700. The molecule has 0 aliphatic carbocycles. The van der Waals surface area contributed by atoms with Crippen molar-refractivity contribution in [3.63, 3.8) is 0 Å². The summed E-state index contributed by atoms with van der Waals surface area (Å²) in [5.41, 5.74) is 0. The van der Waals surface area contributed by atoms with Crippen molar-refractivity contribution in [1.29, 1.82) is 0 Å². The van der Waals surface area contributed by atoms with Gasteiger partial charge in [0.2, 0.25) is 0 Å². The Morgan fingerprint density at radius 2 is 2.35 bits per heavy atom. The summed E-state index contributed by atoms with van der Waals surface area (Å²) in [6.45, 7) is 3.73. The maximum absolute atomic E-state index is 12.1. The van der Waals surface area contributed by atoms with Crippen molar-refractivity contribution in [2.45, 2.75) is 24.4 Å². The zero-order valence-corrected chi connectivity index (χ0v) is 10.9. The van der Waals surface area contributed by atoms with Crippen LogP contribution in [0.25, 0.3) is 0 Å². The zero-order valence-electron chi connectivity index (χ0n) is 10.0. The fourth-order valence-corrected chi connectivity index (χ4v) is 3.34. The van der Waals surface area contributed by atoms with Crippen molar-refractivity contribution in [3.05, 3.63) is 12.5 Å². The molecule has 0 amide bonds. The predicted octanol–water partition coefficient (Wildman–Crippen LogP) is -0.304. The van der Waals surface area contributed by atoms with Gasteiger partial charge in [0.25, 0.3) is 10.0 Å². The molecule has 1 aromatic heterocycles. The molecule has 2 heterocycles. The standard InChI is InChI=1S/C10H18N4O2S/c1-8-5-11-4-3-9(8)13-17(15,16)10-6-14(2)7-12-10/h6-9,11,13H,3-5H2,1-2H3. The van der Waals surface area contributed by atoms with Gasteiger partial charge in [0.05, 0.1) is 6.33 Å². The molecular weight excluding hydrogens is 240 g/mol. The summed E-state index contributed by atoms with van der Waals surface area (Å²) >= 11 is 0. The maximum Gasteiger partial charge on any atom is 0.259 e. The van der Waals surface area contributed by atoms with Crippen LogP contribution in [0.2, 0.25) is 0 Å². The van der Waals surface area contributed by atoms with Crippen LogP contribution in [0.3, 0.4) is 0 Å². The van der Waals surface area contributed by atoms with E-state index < -0.39 is 10.0 Å². The van der Waals surface area contributed by atoms with E-state index >= 15 is 0 Å². The lowest BCUT2D eigenvalue weighted by Gasteiger charge is -2.29. The molecule has 0 spiro atoms. The van der Waals surface area contributed by atoms with E-state index in [-0.39, 0.29) is 11.1 Å². The highest BCUT2D eigenvalue weighted by Crippen LogP contribution is 2.14. The zero-order chi connectivity index (χ0) is 12.5. The summed E-state index contributed by atoms with van der Waals surface area (Å²) in [6.07, 6.45) is 3.81. The number of nitrogens with one attached hydrogen (secondary N) is 2. The van der Waals surface area contributed by atoms with Crippen LogP contribution in [0.1, 0.15) is 13.3 Å². The number of sulfonamides is 1. The maximum atomic E-state index is 12.1. The summed E-state index contributed by atoms with van der Waals surface area (Å²) in [6, 6.07) is -0.0109. The van der Waals surface area contributed by atoms with Crippen LogP contribution >= 0.6 is 0 Å². The largest absolute Gasteiger partial charge is 0.339 e. The van der Waals surface area contributed by atoms with Crippen LogP contribution in [0.5, 0.6) is 0 Å². The first-order valence-corrected chi connectivity index (χ1v) is 7.18. The number of hydrogen-bond donors (Lipinski definition) is 2. The minimum absolute atomic E-state index is 0.0109. The van der Waals surface area contributed by atoms with Gasteiger partial charge < -0.3 is 9.88 Å². The molecule has 1 aromatic rings. The van der Waals surface area contributed by atoms with E-state index in [1.807, 2.05) is 6.92 Å². The Kier molecular flexibility index (Phi) is 3.50. The molecule has 6 nitrogen and oxygen atoms in total. The highest BCUT2D eigenvalue weighted by molar-refractivity contribution is 7.89. The Morgan fingerprint density at radius 3 is 2.94 bits per heavy atom. The molecule has 7 heteroatoms. The SMILES string of the molecule is CC1CNCCC1NS(=O)(=O)c1cn(C)cn1. The van der Waals surface area contributed by atoms with E-state index in [4.69, 9.17) is 0 Å². The lowest BCUT2D eigenvalue weighted by atomic mass is 9.97. The average Bonchev–Trinajstić information content (AvgIpc) is 2.69. The number of aryl methyl sites for hydroxylation is 1. The molecule has 0 aromatic carbocycles. The van der Waals surface area contributed by atoms with Crippen molar-refractivity contribution in [2.24, 2.45) is 13.0 Å². The first-order chi connectivity index (χ1) is 7.99. The first-order valence-electron chi connectivity index (χ1n) is 5.70. The summed E-state index contributed by atoms with van der Waals surface area (Å²) in [5, 5.41) is 3.33. The Bertz CT molecular complexity index is 482. The van der Waals surface area contributed by atoms with Crippen LogP contribution in [0, 0.1) is 5.92 Å². The Labute approximate surface area is 101 Å². The van der Waals surface area contributed by atoms with Crippen LogP contribution in [-0.4, -0.2) is 37.1 Å². The minimum atomic E-state index is -3.48. The van der Waals surface area contributed by atoms with Gasteiger partial charge in [-0.2, -0.15) is 0 Å². The molecule has 0 radical (unpaired) electrons. The van der Waals surface area contributed by atoms with Gasteiger partial charge in [0.15, 0.2) is 5.03 Å². The van der Waals surface area contributed by atoms with Gasteiger partial charge in [-0.15, -0.1) is 0 Å². The molecule has 17 heavy (non-hydrogen) atoms. The van der Waals surface area contributed by atoms with Crippen molar-refractivity contribution in [1.82, 2.24) is 19.6 Å². The lowest BCUT2D eigenvalue weighted by molar-refractivity contribution is 0.328. The second kappa shape index (κ2) is 4.75. The van der Waals surface area contributed by atoms with Crippen LogP contribution in [-0.2, 0) is 17.1 Å². The highest BCUT2D eigenvalue weighted by atomic mass is 32.2. The molecule has 1 aliphatic rings. The normalized spacial score (nSPS) is 26.0. The van der Waals surface area contributed by atoms with Crippen molar-refractivity contribution in [2.75, 3.05) is 13.1 Å². The molecule has 1 saturated heterocycles. The van der Waals surface area contributed by atoms with E-state index in [1.165, 1.54) is 12.5 Å². The summed E-state index contributed by atoms with van der Waals surface area (Å²) in [5.74, 6) is 0.294. The van der Waals surface area contributed by atoms with E-state index in [0.29, 0.717) is 5.92 Å². The van der Waals surface area contributed by atoms with Crippen molar-refractivity contribution in [3.8, 4) is 0 Å². The first kappa shape index (κ1) is 12.5. The fourth-order valence-electron chi connectivity index (χ4n) is 1.98. The van der Waals surface area contributed by atoms with Gasteiger partial charge in [-0.25, -0.2) is 18.1 Å². The van der Waals surface area contributed by atoms with E-state index in [1.54, 1.807) is 11.6 Å². The smallest absolute Gasteiger partial charge is 0.259 e. The van der Waals surface area contributed by atoms with Crippen molar-refractivity contribution < 1.29 is 8.42 Å². The molecule has 96 valence electrons. The molecule has 0 saturated carbocycles.